The number of hydrogen-bond donors (Lipinski definition) is 3. The smallest absolute Gasteiger partial charge is 0.306 e. The number of rotatable bonds is 7. The standard InChI is InChI=1S/C8H8Cl2N4.C8H16O2/c9-6-2-1-3-7(10)5(6)4-13-14-8(11)12;1-3-5-7(6-4-2)8(9)10/h1-4H,(H4,11,12,14);7H,3-6H2,1-2H3,(H,9,10)/b13-4+;. The normalized spacial score (nSPS) is 10.4. The maximum absolute atomic E-state index is 10.5. The van der Waals surface area contributed by atoms with Crippen molar-refractivity contribution in [1.29, 1.82) is 0 Å². The summed E-state index contributed by atoms with van der Waals surface area (Å²) in [6.07, 6.45) is 4.98. The van der Waals surface area contributed by atoms with E-state index in [0.29, 0.717) is 15.6 Å². The number of carboxylic acid groups (broad SMARTS) is 1. The molecule has 0 atom stereocenters. The van der Waals surface area contributed by atoms with Crippen LogP contribution in [0, 0.1) is 5.92 Å². The van der Waals surface area contributed by atoms with E-state index in [2.05, 4.69) is 10.2 Å². The van der Waals surface area contributed by atoms with Crippen LogP contribution in [0.3, 0.4) is 0 Å². The summed E-state index contributed by atoms with van der Waals surface area (Å²) in [4.78, 5) is 10.5. The summed E-state index contributed by atoms with van der Waals surface area (Å²) in [6, 6.07) is 5.14. The molecule has 0 spiro atoms. The Morgan fingerprint density at radius 2 is 1.71 bits per heavy atom. The molecular weight excluding hydrogens is 351 g/mol. The van der Waals surface area contributed by atoms with Gasteiger partial charge in [-0.2, -0.15) is 5.10 Å². The Morgan fingerprint density at radius 1 is 1.21 bits per heavy atom. The number of guanidine groups is 1. The second-order valence-electron chi connectivity index (χ2n) is 5.02. The summed E-state index contributed by atoms with van der Waals surface area (Å²) < 4.78 is 0. The molecule has 1 rings (SSSR count). The Labute approximate surface area is 152 Å². The van der Waals surface area contributed by atoms with E-state index in [1.165, 1.54) is 6.21 Å². The second-order valence-corrected chi connectivity index (χ2v) is 5.83. The van der Waals surface area contributed by atoms with Crippen molar-refractivity contribution < 1.29 is 9.90 Å². The number of aliphatic carboxylic acids is 1. The van der Waals surface area contributed by atoms with Crippen molar-refractivity contribution in [3.05, 3.63) is 33.8 Å². The monoisotopic (exact) mass is 374 g/mol. The number of benzene rings is 1. The van der Waals surface area contributed by atoms with Crippen molar-refractivity contribution in [2.24, 2.45) is 27.6 Å². The third-order valence-corrected chi connectivity index (χ3v) is 3.64. The average Bonchev–Trinajstić information content (AvgIpc) is 2.50. The first-order valence-electron chi connectivity index (χ1n) is 7.62. The van der Waals surface area contributed by atoms with E-state index >= 15 is 0 Å². The fraction of sp³-hybridized carbons (Fsp3) is 0.438. The third-order valence-electron chi connectivity index (χ3n) is 2.98. The van der Waals surface area contributed by atoms with Gasteiger partial charge in [-0.1, -0.05) is 56.0 Å². The fourth-order valence-corrected chi connectivity index (χ4v) is 2.37. The minimum Gasteiger partial charge on any atom is -0.481 e. The van der Waals surface area contributed by atoms with E-state index in [9.17, 15) is 4.79 Å². The highest BCUT2D eigenvalue weighted by Crippen LogP contribution is 2.22. The van der Waals surface area contributed by atoms with Gasteiger partial charge in [-0.25, -0.2) is 0 Å². The molecule has 24 heavy (non-hydrogen) atoms. The van der Waals surface area contributed by atoms with E-state index in [4.69, 9.17) is 39.8 Å². The van der Waals surface area contributed by atoms with Crippen molar-refractivity contribution in [3.8, 4) is 0 Å². The highest BCUT2D eigenvalue weighted by atomic mass is 35.5. The van der Waals surface area contributed by atoms with Crippen molar-refractivity contribution in [2.75, 3.05) is 0 Å². The maximum Gasteiger partial charge on any atom is 0.306 e. The van der Waals surface area contributed by atoms with Gasteiger partial charge in [0, 0.05) is 5.56 Å². The largest absolute Gasteiger partial charge is 0.481 e. The van der Waals surface area contributed by atoms with E-state index in [1.807, 2.05) is 13.8 Å². The second kappa shape index (κ2) is 12.6. The van der Waals surface area contributed by atoms with Crippen LogP contribution in [0.25, 0.3) is 0 Å². The van der Waals surface area contributed by atoms with Gasteiger partial charge in [-0.3, -0.25) is 4.79 Å². The number of halogens is 2. The Bertz CT molecular complexity index is 547. The minimum atomic E-state index is -0.635. The van der Waals surface area contributed by atoms with E-state index in [-0.39, 0.29) is 11.9 Å². The third kappa shape index (κ3) is 9.37. The lowest BCUT2D eigenvalue weighted by atomic mass is 9.99. The zero-order chi connectivity index (χ0) is 18.5. The lowest BCUT2D eigenvalue weighted by Gasteiger charge is -2.07. The minimum absolute atomic E-state index is 0.102. The van der Waals surface area contributed by atoms with E-state index in [0.717, 1.165) is 25.7 Å². The van der Waals surface area contributed by atoms with E-state index < -0.39 is 5.97 Å². The fourth-order valence-electron chi connectivity index (χ4n) is 1.88. The molecule has 8 heteroatoms. The summed E-state index contributed by atoms with van der Waals surface area (Å²) >= 11 is 11.7. The first-order chi connectivity index (χ1) is 11.3. The molecule has 0 aromatic heterocycles. The Hall–Kier alpha value is -1.79. The zero-order valence-corrected chi connectivity index (χ0v) is 15.4. The number of carbonyl (C=O) groups is 1. The molecule has 5 N–H and O–H groups in total. The molecule has 1 aromatic carbocycles. The summed E-state index contributed by atoms with van der Waals surface area (Å²) in [6.45, 7) is 4.04. The van der Waals surface area contributed by atoms with Gasteiger partial charge in [0.2, 0.25) is 5.96 Å². The summed E-state index contributed by atoms with van der Waals surface area (Å²) in [5, 5.41) is 16.7. The molecule has 0 amide bonds. The van der Waals surface area contributed by atoms with Crippen molar-refractivity contribution in [3.63, 3.8) is 0 Å². The van der Waals surface area contributed by atoms with Crippen molar-refractivity contribution in [1.82, 2.24) is 0 Å². The van der Waals surface area contributed by atoms with Crippen molar-refractivity contribution >= 4 is 41.3 Å². The van der Waals surface area contributed by atoms with Gasteiger partial charge in [0.15, 0.2) is 0 Å². The Morgan fingerprint density at radius 3 is 2.08 bits per heavy atom. The van der Waals surface area contributed by atoms with Gasteiger partial charge in [-0.05, 0) is 25.0 Å². The summed E-state index contributed by atoms with van der Waals surface area (Å²) in [5.74, 6) is -0.858. The van der Waals surface area contributed by atoms with Gasteiger partial charge < -0.3 is 16.6 Å². The zero-order valence-electron chi connectivity index (χ0n) is 13.9. The molecule has 1 aromatic rings. The Balaban J connectivity index is 0.000000470. The van der Waals surface area contributed by atoms with Crippen molar-refractivity contribution in [2.45, 2.75) is 39.5 Å². The van der Waals surface area contributed by atoms with Crippen LogP contribution in [0.2, 0.25) is 10.0 Å². The molecule has 0 unspecified atom stereocenters. The molecule has 0 aliphatic carbocycles. The molecule has 0 heterocycles. The summed E-state index contributed by atoms with van der Waals surface area (Å²) in [5.41, 5.74) is 10.7. The molecule has 0 bridgehead atoms. The van der Waals surface area contributed by atoms with Gasteiger partial charge in [0.25, 0.3) is 0 Å². The van der Waals surface area contributed by atoms with Crippen LogP contribution in [-0.2, 0) is 4.79 Å². The SMILES string of the molecule is CCCC(CCC)C(=O)O.NC(N)=N/N=C/c1c(Cl)cccc1Cl. The number of nitrogens with zero attached hydrogens (tertiary/aromatic N) is 2. The predicted octanol–water partition coefficient (Wildman–Crippen LogP) is 3.89. The highest BCUT2D eigenvalue weighted by molar-refractivity contribution is 6.38. The molecule has 134 valence electrons. The maximum atomic E-state index is 10.5. The van der Waals surface area contributed by atoms with Gasteiger partial charge in [0.05, 0.1) is 22.2 Å². The van der Waals surface area contributed by atoms with Crippen LogP contribution in [0.15, 0.2) is 28.4 Å². The van der Waals surface area contributed by atoms with Crippen LogP contribution in [0.5, 0.6) is 0 Å². The topological polar surface area (TPSA) is 114 Å². The van der Waals surface area contributed by atoms with Crippen LogP contribution in [0.1, 0.15) is 45.1 Å². The average molecular weight is 375 g/mol. The molecule has 0 saturated heterocycles. The highest BCUT2D eigenvalue weighted by Gasteiger charge is 2.13. The Kier molecular flexibility index (Phi) is 11.7. The lowest BCUT2D eigenvalue weighted by Crippen LogP contribution is -2.21. The summed E-state index contributed by atoms with van der Waals surface area (Å²) in [7, 11) is 0. The first kappa shape index (κ1) is 22.2. The van der Waals surface area contributed by atoms with Crippen LogP contribution >= 0.6 is 23.2 Å². The van der Waals surface area contributed by atoms with Crippen LogP contribution < -0.4 is 11.5 Å². The van der Waals surface area contributed by atoms with Crippen LogP contribution in [0.4, 0.5) is 0 Å². The lowest BCUT2D eigenvalue weighted by molar-refractivity contribution is -0.142. The molecule has 0 aliphatic rings. The molecule has 0 saturated carbocycles. The molecule has 0 aliphatic heterocycles. The first-order valence-corrected chi connectivity index (χ1v) is 8.37. The molecule has 6 nitrogen and oxygen atoms in total. The van der Waals surface area contributed by atoms with Gasteiger partial charge in [0.1, 0.15) is 0 Å². The molecular formula is C16H24Cl2N4O2. The van der Waals surface area contributed by atoms with E-state index in [1.54, 1.807) is 18.2 Å². The number of hydrogen-bond acceptors (Lipinski definition) is 3. The molecule has 0 radical (unpaired) electrons. The molecule has 0 fully saturated rings. The predicted molar refractivity (Wildman–Crippen MR) is 101 cm³/mol. The van der Waals surface area contributed by atoms with Crippen LogP contribution in [-0.4, -0.2) is 23.2 Å². The number of carboxylic acids is 1. The van der Waals surface area contributed by atoms with Gasteiger partial charge in [-0.15, -0.1) is 5.10 Å². The number of nitrogens with two attached hydrogens (primary N) is 2. The quantitative estimate of drug-likeness (QED) is 0.381. The van der Waals surface area contributed by atoms with Gasteiger partial charge >= 0.3 is 5.97 Å².